The predicted molar refractivity (Wildman–Crippen MR) is 84.8 cm³/mol. The van der Waals surface area contributed by atoms with E-state index in [1.54, 1.807) is 6.07 Å². The van der Waals surface area contributed by atoms with Crippen molar-refractivity contribution in [1.82, 2.24) is 5.32 Å². The molecule has 0 radical (unpaired) electrons. The van der Waals surface area contributed by atoms with Crippen LogP contribution >= 0.6 is 0 Å². The Morgan fingerprint density at radius 2 is 1.86 bits per heavy atom. The van der Waals surface area contributed by atoms with Crippen LogP contribution in [0.15, 0.2) is 48.5 Å². The molecule has 110 valence electrons. The van der Waals surface area contributed by atoms with Gasteiger partial charge >= 0.3 is 0 Å². The highest BCUT2D eigenvalue weighted by atomic mass is 19.1. The van der Waals surface area contributed by atoms with Gasteiger partial charge in [-0.1, -0.05) is 36.4 Å². The minimum absolute atomic E-state index is 0.174. The van der Waals surface area contributed by atoms with Gasteiger partial charge in [0.2, 0.25) is 0 Å². The summed E-state index contributed by atoms with van der Waals surface area (Å²) < 4.78 is 13.8. The molecule has 0 spiro atoms. The Labute approximate surface area is 125 Å². The van der Waals surface area contributed by atoms with E-state index in [0.717, 1.165) is 12.6 Å². The molecule has 3 rings (SSSR count). The fourth-order valence-corrected chi connectivity index (χ4v) is 2.51. The van der Waals surface area contributed by atoms with Crippen molar-refractivity contribution in [2.24, 2.45) is 0 Å². The smallest absolute Gasteiger partial charge is 0.146 e. The highest BCUT2D eigenvalue weighted by Crippen LogP contribution is 2.21. The molecule has 0 saturated heterocycles. The van der Waals surface area contributed by atoms with Crippen molar-refractivity contribution in [3.8, 4) is 0 Å². The third-order valence-electron chi connectivity index (χ3n) is 3.85. The van der Waals surface area contributed by atoms with Crippen molar-refractivity contribution in [1.29, 1.82) is 0 Å². The van der Waals surface area contributed by atoms with Gasteiger partial charge in [-0.2, -0.15) is 0 Å². The second-order valence-electron chi connectivity index (χ2n) is 5.78. The van der Waals surface area contributed by atoms with E-state index in [-0.39, 0.29) is 5.82 Å². The van der Waals surface area contributed by atoms with E-state index in [4.69, 9.17) is 0 Å². The van der Waals surface area contributed by atoms with Gasteiger partial charge in [-0.15, -0.1) is 0 Å². The quantitative estimate of drug-likeness (QED) is 0.870. The molecule has 1 aliphatic rings. The van der Waals surface area contributed by atoms with Crippen LogP contribution in [0.3, 0.4) is 0 Å². The highest BCUT2D eigenvalue weighted by molar-refractivity contribution is 5.47. The first-order valence-corrected chi connectivity index (χ1v) is 7.49. The summed E-state index contributed by atoms with van der Waals surface area (Å²) >= 11 is 0. The molecule has 0 heterocycles. The van der Waals surface area contributed by atoms with Crippen LogP contribution in [0.2, 0.25) is 0 Å². The molecule has 2 aromatic rings. The number of nitrogens with zero attached hydrogens (tertiary/aromatic N) is 1. The Morgan fingerprint density at radius 3 is 2.62 bits per heavy atom. The number of hydrogen-bond donors (Lipinski definition) is 1. The normalized spacial score (nSPS) is 14.2. The van der Waals surface area contributed by atoms with Crippen LogP contribution in [0.5, 0.6) is 0 Å². The van der Waals surface area contributed by atoms with E-state index in [1.165, 1.54) is 30.0 Å². The molecule has 0 atom stereocenters. The van der Waals surface area contributed by atoms with E-state index in [1.807, 2.05) is 24.1 Å². The standard InChI is InChI=1S/C18H21FN2/c1-21(18-8-3-2-7-17(18)19)13-15-6-4-5-14(11-15)12-20-16-9-10-16/h2-8,11,16,20H,9-10,12-13H2,1H3. The number of para-hydroxylation sites is 1. The lowest BCUT2D eigenvalue weighted by atomic mass is 10.1. The first-order chi connectivity index (χ1) is 10.2. The number of benzene rings is 2. The molecule has 1 N–H and O–H groups in total. The van der Waals surface area contributed by atoms with Crippen LogP contribution in [0, 0.1) is 5.82 Å². The molecule has 2 nitrogen and oxygen atoms in total. The minimum Gasteiger partial charge on any atom is -0.368 e. The maximum Gasteiger partial charge on any atom is 0.146 e. The van der Waals surface area contributed by atoms with Gasteiger partial charge < -0.3 is 10.2 Å². The fraction of sp³-hybridized carbons (Fsp3) is 0.333. The Bertz CT molecular complexity index is 608. The van der Waals surface area contributed by atoms with Crippen LogP contribution in [0.25, 0.3) is 0 Å². The second-order valence-corrected chi connectivity index (χ2v) is 5.78. The molecule has 3 heteroatoms. The molecule has 0 bridgehead atoms. The van der Waals surface area contributed by atoms with E-state index >= 15 is 0 Å². The van der Waals surface area contributed by atoms with Crippen LogP contribution in [0.4, 0.5) is 10.1 Å². The zero-order chi connectivity index (χ0) is 14.7. The molecule has 2 aromatic carbocycles. The van der Waals surface area contributed by atoms with E-state index < -0.39 is 0 Å². The van der Waals surface area contributed by atoms with E-state index in [2.05, 4.69) is 29.6 Å². The van der Waals surface area contributed by atoms with Crippen molar-refractivity contribution in [2.45, 2.75) is 32.0 Å². The third-order valence-corrected chi connectivity index (χ3v) is 3.85. The fourth-order valence-electron chi connectivity index (χ4n) is 2.51. The van der Waals surface area contributed by atoms with Gasteiger partial charge in [-0.25, -0.2) is 4.39 Å². The van der Waals surface area contributed by atoms with Gasteiger partial charge in [-0.05, 0) is 36.1 Å². The van der Waals surface area contributed by atoms with Crippen LogP contribution < -0.4 is 10.2 Å². The van der Waals surface area contributed by atoms with Gasteiger partial charge in [0.1, 0.15) is 5.82 Å². The molecule has 0 aliphatic heterocycles. The van der Waals surface area contributed by atoms with Gasteiger partial charge in [0, 0.05) is 26.2 Å². The Balaban J connectivity index is 1.66. The van der Waals surface area contributed by atoms with Crippen molar-refractivity contribution in [3.05, 3.63) is 65.5 Å². The summed E-state index contributed by atoms with van der Waals surface area (Å²) in [5, 5.41) is 3.52. The molecule has 0 unspecified atom stereocenters. The number of rotatable bonds is 6. The zero-order valence-electron chi connectivity index (χ0n) is 12.3. The molecule has 1 aliphatic carbocycles. The molecule has 0 aromatic heterocycles. The number of anilines is 1. The third kappa shape index (κ3) is 3.82. The maximum atomic E-state index is 13.8. The topological polar surface area (TPSA) is 15.3 Å². The van der Waals surface area contributed by atoms with E-state index in [9.17, 15) is 4.39 Å². The molecular weight excluding hydrogens is 263 g/mol. The summed E-state index contributed by atoms with van der Waals surface area (Å²) in [4.78, 5) is 1.95. The average molecular weight is 284 g/mol. The second kappa shape index (κ2) is 6.27. The molecular formula is C18H21FN2. The molecule has 1 saturated carbocycles. The summed E-state index contributed by atoms with van der Waals surface area (Å²) in [7, 11) is 1.92. The van der Waals surface area contributed by atoms with Crippen LogP contribution in [-0.4, -0.2) is 13.1 Å². The lowest BCUT2D eigenvalue weighted by Gasteiger charge is -2.20. The zero-order valence-corrected chi connectivity index (χ0v) is 12.3. The Morgan fingerprint density at radius 1 is 1.10 bits per heavy atom. The lowest BCUT2D eigenvalue weighted by molar-refractivity contribution is 0.622. The van der Waals surface area contributed by atoms with Gasteiger partial charge in [0.25, 0.3) is 0 Å². The molecule has 1 fully saturated rings. The summed E-state index contributed by atoms with van der Waals surface area (Å²) in [6, 6.07) is 16.1. The Hall–Kier alpha value is -1.87. The van der Waals surface area contributed by atoms with Crippen LogP contribution in [-0.2, 0) is 13.1 Å². The lowest BCUT2D eigenvalue weighted by Crippen LogP contribution is -2.18. The maximum absolute atomic E-state index is 13.8. The van der Waals surface area contributed by atoms with Crippen molar-refractivity contribution < 1.29 is 4.39 Å². The number of nitrogens with one attached hydrogen (secondary N) is 1. The average Bonchev–Trinajstić information content (AvgIpc) is 3.30. The summed E-state index contributed by atoms with van der Waals surface area (Å²) in [5.74, 6) is -0.174. The predicted octanol–water partition coefficient (Wildman–Crippen LogP) is 3.71. The first kappa shape index (κ1) is 14.1. The van der Waals surface area contributed by atoms with Gasteiger partial charge in [0.05, 0.1) is 5.69 Å². The molecule has 0 amide bonds. The number of hydrogen-bond acceptors (Lipinski definition) is 2. The largest absolute Gasteiger partial charge is 0.368 e. The highest BCUT2D eigenvalue weighted by Gasteiger charge is 2.19. The molecule has 21 heavy (non-hydrogen) atoms. The Kier molecular flexibility index (Phi) is 4.20. The first-order valence-electron chi connectivity index (χ1n) is 7.49. The van der Waals surface area contributed by atoms with Crippen molar-refractivity contribution in [3.63, 3.8) is 0 Å². The minimum atomic E-state index is -0.174. The monoisotopic (exact) mass is 284 g/mol. The van der Waals surface area contributed by atoms with Crippen molar-refractivity contribution >= 4 is 5.69 Å². The van der Waals surface area contributed by atoms with E-state index in [0.29, 0.717) is 12.2 Å². The SMILES string of the molecule is CN(Cc1cccc(CNC2CC2)c1)c1ccccc1F. The summed E-state index contributed by atoms with van der Waals surface area (Å²) in [6.45, 7) is 1.63. The van der Waals surface area contributed by atoms with Crippen LogP contribution in [0.1, 0.15) is 24.0 Å². The number of halogens is 1. The summed E-state index contributed by atoms with van der Waals surface area (Å²) in [6.07, 6.45) is 2.60. The van der Waals surface area contributed by atoms with Crippen molar-refractivity contribution in [2.75, 3.05) is 11.9 Å². The van der Waals surface area contributed by atoms with Gasteiger partial charge in [-0.3, -0.25) is 0 Å². The summed E-state index contributed by atoms with van der Waals surface area (Å²) in [5.41, 5.74) is 3.14. The van der Waals surface area contributed by atoms with Gasteiger partial charge in [0.15, 0.2) is 0 Å².